The van der Waals surface area contributed by atoms with Gasteiger partial charge in [0, 0.05) is 19.4 Å². The number of ether oxygens (including phenoxy) is 2. The summed E-state index contributed by atoms with van der Waals surface area (Å²) >= 11 is 0. The first-order valence-electron chi connectivity index (χ1n) is 34.0. The smallest absolute Gasteiger partial charge is 0.462 e. The summed E-state index contributed by atoms with van der Waals surface area (Å²) in [5, 5.41) is 0. The molecule has 0 aliphatic rings. The summed E-state index contributed by atoms with van der Waals surface area (Å²) in [6, 6.07) is 0. The minimum atomic E-state index is -4.40. The van der Waals surface area contributed by atoms with Crippen molar-refractivity contribution in [2.75, 3.05) is 26.4 Å². The van der Waals surface area contributed by atoms with E-state index in [9.17, 15) is 19.0 Å². The van der Waals surface area contributed by atoms with Gasteiger partial charge in [-0.15, -0.1) is 0 Å². The first-order chi connectivity index (χ1) is 40.8. The second-order valence-electron chi connectivity index (χ2n) is 22.3. The van der Waals surface area contributed by atoms with Crippen LogP contribution in [0.5, 0.6) is 0 Å². The maximum absolute atomic E-state index is 12.8. The summed E-state index contributed by atoms with van der Waals surface area (Å²) in [4.78, 5) is 35.3. The molecule has 0 aliphatic heterocycles. The highest BCUT2D eigenvalue weighted by Crippen LogP contribution is 2.43. The zero-order chi connectivity index (χ0) is 60.1. The second-order valence-corrected chi connectivity index (χ2v) is 23.8. The van der Waals surface area contributed by atoms with Crippen molar-refractivity contribution in [3.8, 4) is 0 Å². The Bertz CT molecular complexity index is 1770. The average molecular weight is 1180 g/mol. The number of phosphoric ester groups is 1. The molecule has 0 rings (SSSR count). The van der Waals surface area contributed by atoms with Crippen molar-refractivity contribution in [1.82, 2.24) is 0 Å². The van der Waals surface area contributed by atoms with Crippen LogP contribution < -0.4 is 5.73 Å². The van der Waals surface area contributed by atoms with E-state index in [4.69, 9.17) is 24.3 Å². The van der Waals surface area contributed by atoms with Gasteiger partial charge in [0.1, 0.15) is 6.61 Å². The fourth-order valence-electron chi connectivity index (χ4n) is 9.33. The molecule has 0 aliphatic carbocycles. The lowest BCUT2D eigenvalue weighted by atomic mass is 10.0. The molecule has 3 N–H and O–H groups in total. The molecule has 0 spiro atoms. The maximum Gasteiger partial charge on any atom is 0.472 e. The van der Waals surface area contributed by atoms with Crippen molar-refractivity contribution in [1.29, 1.82) is 0 Å². The van der Waals surface area contributed by atoms with Gasteiger partial charge in [-0.05, 0) is 109 Å². The summed E-state index contributed by atoms with van der Waals surface area (Å²) in [7, 11) is -4.40. The Morgan fingerprint density at radius 2 is 0.663 bits per heavy atom. The van der Waals surface area contributed by atoms with Crippen LogP contribution in [0.25, 0.3) is 0 Å². The first kappa shape index (κ1) is 79.4. The van der Waals surface area contributed by atoms with E-state index in [1.807, 2.05) is 0 Å². The number of unbranched alkanes of at least 4 members (excludes halogenated alkanes) is 30. The molecule has 2 atom stereocenters. The fraction of sp³-hybridized carbons (Fsp3) is 0.699. The number of nitrogens with two attached hydrogens (primary N) is 1. The van der Waals surface area contributed by atoms with Gasteiger partial charge in [-0.2, -0.15) is 0 Å². The van der Waals surface area contributed by atoms with Gasteiger partial charge in [0.25, 0.3) is 0 Å². The van der Waals surface area contributed by atoms with E-state index in [1.165, 1.54) is 161 Å². The van der Waals surface area contributed by atoms with Gasteiger partial charge in [-0.3, -0.25) is 18.6 Å². The number of carbonyl (C=O) groups is 2. The largest absolute Gasteiger partial charge is 0.472 e. The van der Waals surface area contributed by atoms with E-state index in [2.05, 4.69) is 135 Å². The number of rotatable bonds is 63. The normalized spacial score (nSPS) is 13.7. The molecule has 0 aromatic carbocycles. The lowest BCUT2D eigenvalue weighted by molar-refractivity contribution is -0.161. The monoisotopic (exact) mass is 1180 g/mol. The number of hydrogen-bond acceptors (Lipinski definition) is 8. The summed E-state index contributed by atoms with van der Waals surface area (Å²) in [6.07, 6.45) is 94.2. The van der Waals surface area contributed by atoms with Crippen LogP contribution in [0.15, 0.2) is 122 Å². The number of phosphoric acid groups is 1. The second kappa shape index (κ2) is 67.5. The minimum Gasteiger partial charge on any atom is -0.462 e. The van der Waals surface area contributed by atoms with Crippen LogP contribution in [0.2, 0.25) is 0 Å². The molecule has 83 heavy (non-hydrogen) atoms. The van der Waals surface area contributed by atoms with Gasteiger partial charge < -0.3 is 20.1 Å². The van der Waals surface area contributed by atoms with E-state index in [1.54, 1.807) is 0 Å². The third kappa shape index (κ3) is 67.4. The highest BCUT2D eigenvalue weighted by atomic mass is 31.2. The van der Waals surface area contributed by atoms with Gasteiger partial charge in [-0.1, -0.05) is 296 Å². The maximum atomic E-state index is 12.8. The van der Waals surface area contributed by atoms with Crippen molar-refractivity contribution in [3.63, 3.8) is 0 Å². The Balaban J connectivity index is 3.95. The molecule has 0 saturated heterocycles. The average Bonchev–Trinajstić information content (AvgIpc) is 3.49. The number of esters is 2. The molecular formula is C73H126NO8P. The zero-order valence-corrected chi connectivity index (χ0v) is 54.3. The molecule has 0 amide bonds. The Labute approximate surface area is 511 Å². The van der Waals surface area contributed by atoms with E-state index >= 15 is 0 Å². The van der Waals surface area contributed by atoms with Crippen molar-refractivity contribution < 1.29 is 37.6 Å². The van der Waals surface area contributed by atoms with Crippen molar-refractivity contribution >= 4 is 19.8 Å². The van der Waals surface area contributed by atoms with E-state index in [0.717, 1.165) is 103 Å². The Hall–Kier alpha value is -3.59. The SMILES string of the molecule is CC/C=C\C/C=C\C/C=C\C/C=C\C/C=C\C/C=C\C/C=C\C/C=C\CCCCCCCCCCC(=O)OC(COC(=O)CCCCCCCCCCCCCCCCCCC/C=C\C/C=C\CCCCCCC)COP(=O)(O)OCCN. The van der Waals surface area contributed by atoms with Crippen LogP contribution >= 0.6 is 7.82 Å². The molecule has 0 aromatic rings. The summed E-state index contributed by atoms with van der Waals surface area (Å²) < 4.78 is 33.2. The molecular weight excluding hydrogens is 1050 g/mol. The lowest BCUT2D eigenvalue weighted by Gasteiger charge is -2.19. The number of allylic oxidation sites excluding steroid dienone is 20. The molecule has 2 unspecified atom stereocenters. The number of hydrogen-bond donors (Lipinski definition) is 2. The summed E-state index contributed by atoms with van der Waals surface area (Å²) in [5.41, 5.74) is 5.40. The van der Waals surface area contributed by atoms with Crippen molar-refractivity contribution in [3.05, 3.63) is 122 Å². The quantitative estimate of drug-likeness (QED) is 0.0264. The highest BCUT2D eigenvalue weighted by Gasteiger charge is 2.26. The van der Waals surface area contributed by atoms with Gasteiger partial charge in [0.2, 0.25) is 0 Å². The fourth-order valence-corrected chi connectivity index (χ4v) is 10.1. The lowest BCUT2D eigenvalue weighted by Crippen LogP contribution is -2.29. The third-order valence-electron chi connectivity index (χ3n) is 14.3. The molecule has 10 heteroatoms. The van der Waals surface area contributed by atoms with E-state index < -0.39 is 26.5 Å². The topological polar surface area (TPSA) is 134 Å². The van der Waals surface area contributed by atoms with Crippen LogP contribution in [0.3, 0.4) is 0 Å². The summed E-state index contributed by atoms with van der Waals surface area (Å²) in [5.74, 6) is -0.835. The van der Waals surface area contributed by atoms with Crippen LogP contribution in [0, 0.1) is 0 Å². The van der Waals surface area contributed by atoms with Gasteiger partial charge in [0.15, 0.2) is 6.10 Å². The molecule has 0 bridgehead atoms. The molecule has 0 heterocycles. The molecule has 0 fully saturated rings. The van der Waals surface area contributed by atoms with Gasteiger partial charge >= 0.3 is 19.8 Å². The van der Waals surface area contributed by atoms with E-state index in [0.29, 0.717) is 6.42 Å². The Morgan fingerprint density at radius 1 is 0.373 bits per heavy atom. The molecule has 0 aromatic heterocycles. The van der Waals surface area contributed by atoms with E-state index in [-0.39, 0.29) is 38.6 Å². The highest BCUT2D eigenvalue weighted by molar-refractivity contribution is 7.47. The molecule has 0 saturated carbocycles. The minimum absolute atomic E-state index is 0.0472. The van der Waals surface area contributed by atoms with Gasteiger partial charge in [0.05, 0.1) is 13.2 Å². The van der Waals surface area contributed by atoms with Crippen molar-refractivity contribution in [2.24, 2.45) is 5.73 Å². The first-order valence-corrected chi connectivity index (χ1v) is 35.5. The van der Waals surface area contributed by atoms with Gasteiger partial charge in [-0.25, -0.2) is 4.57 Å². The Kier molecular flexibility index (Phi) is 64.6. The number of carbonyl (C=O) groups excluding carboxylic acids is 2. The Morgan fingerprint density at radius 3 is 0.988 bits per heavy atom. The van der Waals surface area contributed by atoms with Crippen LogP contribution in [0.1, 0.15) is 296 Å². The van der Waals surface area contributed by atoms with Crippen LogP contribution in [0.4, 0.5) is 0 Å². The predicted molar refractivity (Wildman–Crippen MR) is 358 cm³/mol. The zero-order valence-electron chi connectivity index (χ0n) is 53.4. The molecule has 0 radical (unpaired) electrons. The van der Waals surface area contributed by atoms with Crippen LogP contribution in [-0.4, -0.2) is 49.3 Å². The predicted octanol–water partition coefficient (Wildman–Crippen LogP) is 22.3. The van der Waals surface area contributed by atoms with Crippen LogP contribution in [-0.2, 0) is 32.7 Å². The molecule has 9 nitrogen and oxygen atoms in total. The standard InChI is InChI=1S/C73H126NO8P/c1-3-5-7-9-11-13-15-17-19-21-23-25-27-29-31-33-34-35-36-38-40-42-44-46-48-50-52-54-56-58-60-62-64-66-73(76)82-71(70-81-83(77,78)80-68-67-74)69-79-72(75)65-63-61-59-57-55-53-51-49-47-45-43-41-39-37-32-30-28-26-24-22-20-18-16-14-12-10-8-6-4-2/h5,7,11,13,16-19,22-25,29,31,34-35,38,40,44,46,71H,3-4,6,8-10,12,14-15,20-21,26-28,30,32-33,36-37,39,41-43,45,47-70,74H2,1-2H3,(H,77,78)/b7-5-,13-11-,18-16-,19-17-,24-22-,25-23-,31-29-,35-34-,40-38-,46-44-. The third-order valence-corrected chi connectivity index (χ3v) is 15.3. The molecule has 476 valence electrons. The van der Waals surface area contributed by atoms with Crippen molar-refractivity contribution in [2.45, 2.75) is 302 Å². The summed E-state index contributed by atoms with van der Waals surface area (Å²) in [6.45, 7) is 3.63.